The van der Waals surface area contributed by atoms with Crippen molar-refractivity contribution in [1.82, 2.24) is 0 Å². The van der Waals surface area contributed by atoms with Crippen molar-refractivity contribution in [2.45, 2.75) is 0 Å². The number of hydrogen-bond acceptors (Lipinski definition) is 2. The Kier molecular flexibility index (Phi) is 4.64. The van der Waals surface area contributed by atoms with E-state index in [4.69, 9.17) is 6.42 Å². The van der Waals surface area contributed by atoms with Crippen LogP contribution in [0.2, 0.25) is 0 Å². The molecule has 2 nitrogen and oxygen atoms in total. The van der Waals surface area contributed by atoms with Crippen molar-refractivity contribution in [3.05, 3.63) is 46.8 Å². The van der Waals surface area contributed by atoms with E-state index >= 15 is 0 Å². The Balaban J connectivity index is 3.11. The van der Waals surface area contributed by atoms with Crippen LogP contribution in [0.1, 0.15) is 10.4 Å². The van der Waals surface area contributed by atoms with Gasteiger partial charge in [0.1, 0.15) is 12.2 Å². The van der Waals surface area contributed by atoms with Crippen LogP contribution in [0.15, 0.2) is 12.2 Å². The van der Waals surface area contributed by atoms with Crippen LogP contribution in [0.4, 0.5) is 22.0 Å². The molecule has 0 aliphatic carbocycles. The smallest absolute Gasteiger partial charge is 0.344 e. The highest BCUT2D eigenvalue weighted by molar-refractivity contribution is 5.90. The predicted octanol–water partition coefficient (Wildman–Crippen LogP) is 2.73. The van der Waals surface area contributed by atoms with Crippen molar-refractivity contribution in [2.75, 3.05) is 6.61 Å². The number of terminal acetylenes is 1. The van der Waals surface area contributed by atoms with Crippen LogP contribution in [0.5, 0.6) is 0 Å². The molecule has 7 heteroatoms. The lowest BCUT2D eigenvalue weighted by Crippen LogP contribution is -2.15. The highest BCUT2D eigenvalue weighted by atomic mass is 19.2. The maximum Gasteiger partial charge on any atom is 0.344 e. The molecular formula is C12H5F5O2. The molecule has 0 atom stereocenters. The Morgan fingerprint density at radius 3 is 2.00 bits per heavy atom. The molecule has 0 radical (unpaired) electrons. The first kappa shape index (κ1) is 14.7. The van der Waals surface area contributed by atoms with Crippen LogP contribution in [-0.2, 0) is 4.74 Å². The number of carbonyl (C=O) groups excluding carboxylic acids is 1. The molecule has 0 saturated carbocycles. The Bertz CT molecular complexity index is 558. The minimum atomic E-state index is -2.35. The summed E-state index contributed by atoms with van der Waals surface area (Å²) >= 11 is 0. The van der Waals surface area contributed by atoms with Gasteiger partial charge in [0.15, 0.2) is 23.3 Å². The normalized spacial score (nSPS) is 10.5. The molecule has 0 heterocycles. The summed E-state index contributed by atoms with van der Waals surface area (Å²) < 4.78 is 68.9. The molecule has 0 unspecified atom stereocenters. The SMILES string of the molecule is C#CC=CCOC(=O)c1c(F)c(F)c(F)c(F)c1F. The number of ether oxygens (including phenoxy) is 1. The van der Waals surface area contributed by atoms with Gasteiger partial charge in [0.2, 0.25) is 5.82 Å². The number of hydrogen-bond donors (Lipinski definition) is 0. The van der Waals surface area contributed by atoms with Crippen LogP contribution >= 0.6 is 0 Å². The average Bonchev–Trinajstić information content (AvgIpc) is 2.39. The number of rotatable bonds is 3. The Labute approximate surface area is 104 Å². The van der Waals surface area contributed by atoms with Crippen molar-refractivity contribution < 1.29 is 31.5 Å². The lowest BCUT2D eigenvalue weighted by Gasteiger charge is -2.07. The van der Waals surface area contributed by atoms with Gasteiger partial charge >= 0.3 is 5.97 Å². The van der Waals surface area contributed by atoms with E-state index in [0.29, 0.717) is 0 Å². The van der Waals surface area contributed by atoms with E-state index in [1.54, 1.807) is 0 Å². The lowest BCUT2D eigenvalue weighted by atomic mass is 10.1. The van der Waals surface area contributed by atoms with Crippen molar-refractivity contribution in [1.29, 1.82) is 0 Å². The molecular weight excluding hydrogens is 271 g/mol. The summed E-state index contributed by atoms with van der Waals surface area (Å²) in [7, 11) is 0. The summed E-state index contributed by atoms with van der Waals surface area (Å²) in [4.78, 5) is 11.2. The van der Waals surface area contributed by atoms with Gasteiger partial charge in [-0.05, 0) is 12.2 Å². The lowest BCUT2D eigenvalue weighted by molar-refractivity contribution is 0.0534. The van der Waals surface area contributed by atoms with E-state index in [0.717, 1.165) is 12.2 Å². The molecule has 19 heavy (non-hydrogen) atoms. The fourth-order valence-corrected chi connectivity index (χ4v) is 1.10. The van der Waals surface area contributed by atoms with Gasteiger partial charge in [0, 0.05) is 0 Å². The largest absolute Gasteiger partial charge is 0.458 e. The van der Waals surface area contributed by atoms with E-state index in [9.17, 15) is 26.7 Å². The van der Waals surface area contributed by atoms with Gasteiger partial charge in [0.25, 0.3) is 0 Å². The number of carbonyl (C=O) groups is 1. The topological polar surface area (TPSA) is 26.3 Å². The zero-order valence-corrected chi connectivity index (χ0v) is 9.15. The first-order chi connectivity index (χ1) is 8.91. The van der Waals surface area contributed by atoms with E-state index < -0.39 is 47.2 Å². The van der Waals surface area contributed by atoms with Crippen molar-refractivity contribution in [3.8, 4) is 12.3 Å². The molecule has 0 bridgehead atoms. The summed E-state index contributed by atoms with van der Waals surface area (Å²) in [5.74, 6) is -10.9. The average molecular weight is 276 g/mol. The number of benzene rings is 1. The van der Waals surface area contributed by atoms with Crippen LogP contribution in [0.25, 0.3) is 0 Å². The summed E-state index contributed by atoms with van der Waals surface area (Å²) in [6.45, 7) is -0.470. The van der Waals surface area contributed by atoms with Gasteiger partial charge < -0.3 is 4.74 Å². The van der Waals surface area contributed by atoms with Crippen LogP contribution in [-0.4, -0.2) is 12.6 Å². The molecule has 0 aliphatic rings. The molecule has 100 valence electrons. The van der Waals surface area contributed by atoms with Gasteiger partial charge in [-0.25, -0.2) is 26.7 Å². The first-order valence-corrected chi connectivity index (χ1v) is 4.71. The number of esters is 1. The summed E-state index contributed by atoms with van der Waals surface area (Å²) in [6.07, 6.45) is 7.10. The minimum Gasteiger partial charge on any atom is -0.458 e. The maximum atomic E-state index is 13.2. The third kappa shape index (κ3) is 2.91. The van der Waals surface area contributed by atoms with Crippen LogP contribution in [0, 0.1) is 41.4 Å². The summed E-state index contributed by atoms with van der Waals surface area (Å²) in [5.41, 5.74) is -1.65. The quantitative estimate of drug-likeness (QED) is 0.279. The Hall–Kier alpha value is -2.36. The molecule has 0 amide bonds. The second kappa shape index (κ2) is 6.00. The second-order valence-electron chi connectivity index (χ2n) is 3.11. The van der Waals surface area contributed by atoms with Gasteiger partial charge in [-0.1, -0.05) is 5.92 Å². The maximum absolute atomic E-state index is 13.2. The highest BCUT2D eigenvalue weighted by Gasteiger charge is 2.30. The van der Waals surface area contributed by atoms with Crippen LogP contribution in [0.3, 0.4) is 0 Å². The number of halogens is 5. The van der Waals surface area contributed by atoms with Crippen molar-refractivity contribution in [2.24, 2.45) is 0 Å². The standard InChI is InChI=1S/C12H5F5O2/c1-2-3-4-5-19-12(18)6-7(13)9(15)11(17)10(16)8(6)14/h1,3-4H,5H2. The monoisotopic (exact) mass is 276 g/mol. The van der Waals surface area contributed by atoms with Crippen molar-refractivity contribution in [3.63, 3.8) is 0 Å². The van der Waals surface area contributed by atoms with E-state index in [1.807, 2.05) is 5.92 Å². The molecule has 0 N–H and O–H groups in total. The van der Waals surface area contributed by atoms with Gasteiger partial charge in [-0.2, -0.15) is 0 Å². The van der Waals surface area contributed by atoms with E-state index in [1.165, 1.54) is 0 Å². The summed E-state index contributed by atoms with van der Waals surface area (Å²) in [6, 6.07) is 0. The zero-order valence-electron chi connectivity index (χ0n) is 9.15. The highest BCUT2D eigenvalue weighted by Crippen LogP contribution is 2.23. The Morgan fingerprint density at radius 2 is 1.53 bits per heavy atom. The number of allylic oxidation sites excluding steroid dienone is 1. The molecule has 0 fully saturated rings. The minimum absolute atomic E-state index is 0.470. The zero-order chi connectivity index (χ0) is 14.6. The molecule has 1 aromatic rings. The van der Waals surface area contributed by atoms with Crippen LogP contribution < -0.4 is 0 Å². The summed E-state index contributed by atoms with van der Waals surface area (Å²) in [5, 5.41) is 0. The third-order valence-electron chi connectivity index (χ3n) is 1.94. The predicted molar refractivity (Wildman–Crippen MR) is 54.5 cm³/mol. The van der Waals surface area contributed by atoms with E-state index in [-0.39, 0.29) is 0 Å². The molecule has 0 aliphatic heterocycles. The van der Waals surface area contributed by atoms with Gasteiger partial charge in [-0.15, -0.1) is 6.42 Å². The first-order valence-electron chi connectivity index (χ1n) is 4.71. The molecule has 0 aromatic heterocycles. The van der Waals surface area contributed by atoms with E-state index in [2.05, 4.69) is 4.74 Å². The van der Waals surface area contributed by atoms with Crippen molar-refractivity contribution >= 4 is 5.97 Å². The van der Waals surface area contributed by atoms with Gasteiger partial charge in [-0.3, -0.25) is 0 Å². The molecule has 1 aromatic carbocycles. The Morgan fingerprint density at radius 1 is 1.05 bits per heavy atom. The third-order valence-corrected chi connectivity index (χ3v) is 1.94. The molecule has 1 rings (SSSR count). The van der Waals surface area contributed by atoms with Gasteiger partial charge in [0.05, 0.1) is 0 Å². The second-order valence-corrected chi connectivity index (χ2v) is 3.11. The fourth-order valence-electron chi connectivity index (χ4n) is 1.10. The molecule has 0 saturated heterocycles. The molecule has 0 spiro atoms. The fraction of sp³-hybridized carbons (Fsp3) is 0.0833.